The van der Waals surface area contributed by atoms with Crippen LogP contribution in [0.5, 0.6) is 0 Å². The van der Waals surface area contributed by atoms with Crippen molar-refractivity contribution in [3.05, 3.63) is 40.1 Å². The van der Waals surface area contributed by atoms with Crippen LogP contribution in [-0.2, 0) is 4.79 Å². The van der Waals surface area contributed by atoms with Crippen LogP contribution in [0.3, 0.4) is 0 Å². The number of aryl methyl sites for hydroxylation is 1. The van der Waals surface area contributed by atoms with Gasteiger partial charge in [-0.05, 0) is 35.0 Å². The second kappa shape index (κ2) is 8.72. The number of carbonyl (C=O) groups excluding carboxylic acids is 2. The monoisotopic (exact) mass is 449 g/mol. The van der Waals surface area contributed by atoms with Crippen LogP contribution in [0.15, 0.2) is 27.3 Å². The Balaban J connectivity index is 1.52. The standard InChI is InChI=1S/C19H24BrN5O3/c1-12(2)18-22-13(3)10-16(23-18)24-6-8-25(9-7-24)17(26)11-21-19(27)14-4-5-15(20)28-14/h4-5,10,12H,6-9,11H2,1-3H3,(H,21,27). The fourth-order valence-electron chi connectivity index (χ4n) is 2.97. The van der Waals surface area contributed by atoms with E-state index in [-0.39, 0.29) is 24.1 Å². The smallest absolute Gasteiger partial charge is 0.287 e. The molecule has 3 heterocycles. The van der Waals surface area contributed by atoms with Gasteiger partial charge in [-0.2, -0.15) is 0 Å². The molecule has 1 fully saturated rings. The third-order valence-corrected chi connectivity index (χ3v) is 4.95. The second-order valence-corrected chi connectivity index (χ2v) is 7.82. The second-order valence-electron chi connectivity index (χ2n) is 7.03. The van der Waals surface area contributed by atoms with Crippen molar-refractivity contribution in [2.24, 2.45) is 0 Å². The summed E-state index contributed by atoms with van der Waals surface area (Å²) in [4.78, 5) is 37.5. The topological polar surface area (TPSA) is 91.6 Å². The Labute approximate surface area is 172 Å². The van der Waals surface area contributed by atoms with Gasteiger partial charge in [0.2, 0.25) is 5.91 Å². The third-order valence-electron chi connectivity index (χ3n) is 4.53. The minimum absolute atomic E-state index is 0.0543. The summed E-state index contributed by atoms with van der Waals surface area (Å²) < 4.78 is 5.66. The molecule has 2 aromatic rings. The van der Waals surface area contributed by atoms with Gasteiger partial charge in [-0.1, -0.05) is 13.8 Å². The zero-order chi connectivity index (χ0) is 20.3. The number of piperazine rings is 1. The lowest BCUT2D eigenvalue weighted by Gasteiger charge is -2.35. The van der Waals surface area contributed by atoms with E-state index in [1.165, 1.54) is 0 Å². The van der Waals surface area contributed by atoms with Crippen molar-refractivity contribution in [2.45, 2.75) is 26.7 Å². The highest BCUT2D eigenvalue weighted by atomic mass is 79.9. The fraction of sp³-hybridized carbons (Fsp3) is 0.474. The van der Waals surface area contributed by atoms with Crippen LogP contribution < -0.4 is 10.2 Å². The number of rotatable bonds is 5. The van der Waals surface area contributed by atoms with Crippen LogP contribution in [0, 0.1) is 6.92 Å². The van der Waals surface area contributed by atoms with E-state index in [0.29, 0.717) is 30.8 Å². The van der Waals surface area contributed by atoms with Gasteiger partial charge >= 0.3 is 0 Å². The number of furan rings is 1. The Morgan fingerprint density at radius 2 is 1.93 bits per heavy atom. The van der Waals surface area contributed by atoms with Gasteiger partial charge in [-0.3, -0.25) is 9.59 Å². The first-order valence-electron chi connectivity index (χ1n) is 9.25. The van der Waals surface area contributed by atoms with Gasteiger partial charge in [0.15, 0.2) is 10.4 Å². The van der Waals surface area contributed by atoms with Crippen LogP contribution in [0.2, 0.25) is 0 Å². The van der Waals surface area contributed by atoms with Gasteiger partial charge in [0.1, 0.15) is 11.6 Å². The molecule has 0 spiro atoms. The van der Waals surface area contributed by atoms with Crippen LogP contribution in [-0.4, -0.2) is 59.4 Å². The fourth-order valence-corrected chi connectivity index (χ4v) is 3.28. The van der Waals surface area contributed by atoms with E-state index in [4.69, 9.17) is 4.42 Å². The highest BCUT2D eigenvalue weighted by molar-refractivity contribution is 9.10. The van der Waals surface area contributed by atoms with Crippen LogP contribution in [0.25, 0.3) is 0 Å². The molecule has 0 atom stereocenters. The molecule has 0 aliphatic carbocycles. The Morgan fingerprint density at radius 1 is 1.21 bits per heavy atom. The molecule has 0 unspecified atom stereocenters. The molecule has 0 aromatic carbocycles. The summed E-state index contributed by atoms with van der Waals surface area (Å²) in [6, 6.07) is 5.17. The van der Waals surface area contributed by atoms with E-state index < -0.39 is 5.91 Å². The molecule has 1 aliphatic rings. The molecule has 1 aliphatic heterocycles. The number of amides is 2. The minimum atomic E-state index is -0.407. The molecule has 150 valence electrons. The largest absolute Gasteiger partial charge is 0.444 e. The maximum Gasteiger partial charge on any atom is 0.287 e. The van der Waals surface area contributed by atoms with Gasteiger partial charge in [0.05, 0.1) is 6.54 Å². The Morgan fingerprint density at radius 3 is 2.54 bits per heavy atom. The van der Waals surface area contributed by atoms with Crippen LogP contribution >= 0.6 is 15.9 Å². The summed E-state index contributed by atoms with van der Waals surface area (Å²) in [6.07, 6.45) is 0. The van der Waals surface area contributed by atoms with Crippen molar-refractivity contribution < 1.29 is 14.0 Å². The van der Waals surface area contributed by atoms with Crippen LogP contribution in [0.1, 0.15) is 41.8 Å². The highest BCUT2D eigenvalue weighted by Gasteiger charge is 2.23. The average Bonchev–Trinajstić information content (AvgIpc) is 3.12. The molecular weight excluding hydrogens is 426 g/mol. The quantitative estimate of drug-likeness (QED) is 0.752. The SMILES string of the molecule is Cc1cc(N2CCN(C(=O)CNC(=O)c3ccc(Br)o3)CC2)nc(C(C)C)n1. The van der Waals surface area contributed by atoms with Crippen molar-refractivity contribution in [3.8, 4) is 0 Å². The lowest BCUT2D eigenvalue weighted by molar-refractivity contribution is -0.130. The number of hydrogen-bond donors (Lipinski definition) is 1. The lowest BCUT2D eigenvalue weighted by Crippen LogP contribution is -2.51. The first-order chi connectivity index (χ1) is 13.3. The minimum Gasteiger partial charge on any atom is -0.444 e. The molecule has 0 saturated carbocycles. The van der Waals surface area contributed by atoms with Gasteiger partial charge in [-0.15, -0.1) is 0 Å². The molecule has 1 saturated heterocycles. The van der Waals surface area contributed by atoms with E-state index in [0.717, 1.165) is 17.3 Å². The number of carbonyl (C=O) groups is 2. The molecule has 9 heteroatoms. The molecule has 2 amide bonds. The molecular formula is C19H24BrN5O3. The molecule has 3 rings (SSSR count). The number of nitrogens with zero attached hydrogens (tertiary/aromatic N) is 4. The Bertz CT molecular complexity index is 859. The molecule has 28 heavy (non-hydrogen) atoms. The van der Waals surface area contributed by atoms with Crippen molar-refractivity contribution >= 4 is 33.6 Å². The zero-order valence-electron chi connectivity index (χ0n) is 16.2. The summed E-state index contributed by atoms with van der Waals surface area (Å²) in [5, 5.41) is 2.60. The zero-order valence-corrected chi connectivity index (χ0v) is 17.8. The highest BCUT2D eigenvalue weighted by Crippen LogP contribution is 2.19. The number of hydrogen-bond acceptors (Lipinski definition) is 6. The van der Waals surface area contributed by atoms with E-state index in [1.54, 1.807) is 17.0 Å². The molecule has 0 radical (unpaired) electrons. The van der Waals surface area contributed by atoms with Crippen molar-refractivity contribution in [2.75, 3.05) is 37.6 Å². The third kappa shape index (κ3) is 4.89. The molecule has 1 N–H and O–H groups in total. The average molecular weight is 450 g/mol. The summed E-state index contributed by atoms with van der Waals surface area (Å²) in [6.45, 7) is 8.62. The predicted octanol–water partition coefficient (Wildman–Crippen LogP) is 2.34. The lowest BCUT2D eigenvalue weighted by atomic mass is 10.2. The maximum absolute atomic E-state index is 12.4. The first kappa shape index (κ1) is 20.3. The van der Waals surface area contributed by atoms with E-state index in [9.17, 15) is 9.59 Å². The van der Waals surface area contributed by atoms with Gasteiger partial charge in [0.25, 0.3) is 5.91 Å². The Kier molecular flexibility index (Phi) is 6.33. The van der Waals surface area contributed by atoms with E-state index in [1.807, 2.05) is 13.0 Å². The van der Waals surface area contributed by atoms with Crippen molar-refractivity contribution in [3.63, 3.8) is 0 Å². The van der Waals surface area contributed by atoms with Gasteiger partial charge < -0.3 is 19.5 Å². The van der Waals surface area contributed by atoms with Gasteiger partial charge in [-0.25, -0.2) is 9.97 Å². The Hall–Kier alpha value is -2.42. The predicted molar refractivity (Wildman–Crippen MR) is 108 cm³/mol. The first-order valence-corrected chi connectivity index (χ1v) is 10.0. The van der Waals surface area contributed by atoms with Crippen molar-refractivity contribution in [1.29, 1.82) is 0 Å². The molecule has 8 nitrogen and oxygen atoms in total. The summed E-state index contributed by atoms with van der Waals surface area (Å²) >= 11 is 3.15. The number of anilines is 1. The maximum atomic E-state index is 12.4. The van der Waals surface area contributed by atoms with E-state index in [2.05, 4.69) is 50.0 Å². The summed E-state index contributed by atoms with van der Waals surface area (Å²) in [7, 11) is 0. The molecule has 0 bridgehead atoms. The van der Waals surface area contributed by atoms with Gasteiger partial charge in [0, 0.05) is 43.9 Å². The normalized spacial score (nSPS) is 14.5. The number of aromatic nitrogens is 2. The molecule has 2 aromatic heterocycles. The van der Waals surface area contributed by atoms with Crippen LogP contribution in [0.4, 0.5) is 5.82 Å². The summed E-state index contributed by atoms with van der Waals surface area (Å²) in [5.41, 5.74) is 0.944. The van der Waals surface area contributed by atoms with E-state index >= 15 is 0 Å². The van der Waals surface area contributed by atoms with Crippen molar-refractivity contribution in [1.82, 2.24) is 20.2 Å². The summed E-state index contributed by atoms with van der Waals surface area (Å²) in [5.74, 6) is 1.65. The number of nitrogens with one attached hydrogen (secondary N) is 1. The number of halogens is 1.